The van der Waals surface area contributed by atoms with E-state index in [1.807, 2.05) is 30.6 Å². The molecule has 3 N–H and O–H groups in total. The molecule has 1 aromatic carbocycles. The van der Waals surface area contributed by atoms with Crippen LogP contribution in [0.1, 0.15) is 83.4 Å². The number of hydrogen-bond acceptors (Lipinski definition) is 8. The number of halogens is 1. The number of likely N-dealkylation sites (tertiary alicyclic amines) is 1. The van der Waals surface area contributed by atoms with Crippen LogP contribution < -0.4 is 15.4 Å². The number of alkyl halides is 1. The predicted molar refractivity (Wildman–Crippen MR) is 175 cm³/mol. The molecule has 2 aliphatic rings. The average molecular weight is 661 g/mol. The van der Waals surface area contributed by atoms with Gasteiger partial charge in [0, 0.05) is 38.8 Å². The van der Waals surface area contributed by atoms with Crippen molar-refractivity contribution in [3.8, 4) is 16.2 Å². The lowest BCUT2D eigenvalue weighted by Gasteiger charge is -2.35. The van der Waals surface area contributed by atoms with Crippen molar-refractivity contribution < 1.29 is 33.4 Å². The second kappa shape index (κ2) is 15.7. The van der Waals surface area contributed by atoms with E-state index in [0.717, 1.165) is 60.4 Å². The number of aliphatic hydroxyl groups excluding tert-OH is 1. The SMILES string of the molecule is COCCCCCCCOc1cc(-c2scnc2C)ccc1CNC(=O)[C@@H]1C[C@@H](O)CN1C(=O)[C@@H](NC(=O)C1(F)CC1)C(C)(C)C. The number of unbranched alkanes of at least 4 members (excludes halogenated alkanes) is 4. The number of carbonyl (C=O) groups is 3. The number of nitrogens with one attached hydrogen (secondary N) is 2. The van der Waals surface area contributed by atoms with E-state index in [0.29, 0.717) is 12.4 Å². The quantitative estimate of drug-likeness (QED) is 0.223. The van der Waals surface area contributed by atoms with Crippen LogP contribution in [0.15, 0.2) is 23.7 Å². The van der Waals surface area contributed by atoms with Crippen LogP contribution in [-0.4, -0.2) is 83.4 Å². The largest absolute Gasteiger partial charge is 0.493 e. The number of nitrogens with zero attached hydrogens (tertiary/aromatic N) is 2. The lowest BCUT2D eigenvalue weighted by molar-refractivity contribution is -0.145. The molecule has 1 saturated heterocycles. The molecule has 4 rings (SSSR count). The zero-order valence-electron chi connectivity index (χ0n) is 27.7. The number of thiazole rings is 1. The number of aliphatic hydroxyl groups is 1. The fraction of sp³-hybridized carbons (Fsp3) is 0.647. The van der Waals surface area contributed by atoms with Gasteiger partial charge in [-0.15, -0.1) is 11.3 Å². The highest BCUT2D eigenvalue weighted by Gasteiger charge is 2.53. The van der Waals surface area contributed by atoms with E-state index in [9.17, 15) is 23.9 Å². The maximum absolute atomic E-state index is 14.5. The molecule has 1 saturated carbocycles. The Morgan fingerprint density at radius 2 is 1.85 bits per heavy atom. The average Bonchev–Trinajstić information content (AvgIpc) is 3.42. The van der Waals surface area contributed by atoms with Gasteiger partial charge in [-0.3, -0.25) is 14.4 Å². The van der Waals surface area contributed by atoms with Crippen LogP contribution in [0, 0.1) is 12.3 Å². The zero-order chi connectivity index (χ0) is 33.5. The molecule has 3 amide bonds. The van der Waals surface area contributed by atoms with E-state index >= 15 is 0 Å². The first-order chi connectivity index (χ1) is 21.8. The Bertz CT molecular complexity index is 1360. The van der Waals surface area contributed by atoms with Crippen LogP contribution in [0.25, 0.3) is 10.4 Å². The smallest absolute Gasteiger partial charge is 0.258 e. The van der Waals surface area contributed by atoms with Gasteiger partial charge in [0.05, 0.1) is 28.8 Å². The summed E-state index contributed by atoms with van der Waals surface area (Å²) >= 11 is 1.55. The number of carbonyl (C=O) groups excluding carboxylic acids is 3. The molecule has 1 aliphatic heterocycles. The monoisotopic (exact) mass is 660 g/mol. The Labute approximate surface area is 275 Å². The Morgan fingerprint density at radius 3 is 2.48 bits per heavy atom. The first-order valence-electron chi connectivity index (χ1n) is 16.3. The number of benzene rings is 1. The fourth-order valence-corrected chi connectivity index (χ4v) is 6.44. The summed E-state index contributed by atoms with van der Waals surface area (Å²) in [7, 11) is 1.71. The van der Waals surface area contributed by atoms with Crippen LogP contribution in [0.4, 0.5) is 4.39 Å². The molecule has 254 valence electrons. The molecule has 0 radical (unpaired) electrons. The van der Waals surface area contributed by atoms with Gasteiger partial charge in [0.15, 0.2) is 5.67 Å². The number of amides is 3. The number of methoxy groups -OCH3 is 1. The molecule has 0 unspecified atom stereocenters. The van der Waals surface area contributed by atoms with Crippen molar-refractivity contribution in [3.05, 3.63) is 35.0 Å². The maximum atomic E-state index is 14.5. The van der Waals surface area contributed by atoms with Crippen molar-refractivity contribution in [1.82, 2.24) is 20.5 Å². The standard InChI is InChI=1S/C34H49FN4O6S/c1-22-28(46-21-37-22)23-11-12-24(27(17-23)45-16-10-8-6-7-9-15-44-5)19-36-30(41)26-18-25(40)20-39(26)31(42)29(33(2,3)4)38-32(43)34(35)13-14-34/h11-12,17,21,25-26,29,40H,6-10,13-16,18-20H2,1-5H3,(H,36,41)(H,38,43)/t25-,26+,29-/m1/s1. The molecule has 10 nitrogen and oxygen atoms in total. The fourth-order valence-electron chi connectivity index (χ4n) is 5.63. The number of rotatable bonds is 16. The lowest BCUT2D eigenvalue weighted by Crippen LogP contribution is -2.59. The molecule has 1 aromatic heterocycles. The van der Waals surface area contributed by atoms with E-state index in [1.54, 1.807) is 39.2 Å². The topological polar surface area (TPSA) is 130 Å². The number of aromatic nitrogens is 1. The highest BCUT2D eigenvalue weighted by Crippen LogP contribution is 2.40. The summed E-state index contributed by atoms with van der Waals surface area (Å²) in [5, 5.41) is 16.0. The van der Waals surface area contributed by atoms with Gasteiger partial charge in [-0.1, -0.05) is 52.2 Å². The third-order valence-electron chi connectivity index (χ3n) is 8.63. The Hall–Kier alpha value is -3.09. The molecule has 3 atom stereocenters. The van der Waals surface area contributed by atoms with Crippen molar-refractivity contribution >= 4 is 29.1 Å². The molecule has 46 heavy (non-hydrogen) atoms. The van der Waals surface area contributed by atoms with Crippen LogP contribution in [0.5, 0.6) is 5.75 Å². The molecular formula is C34H49FN4O6S. The summed E-state index contributed by atoms with van der Waals surface area (Å²) in [6.45, 7) is 8.70. The summed E-state index contributed by atoms with van der Waals surface area (Å²) in [5.41, 5.74) is 1.82. The summed E-state index contributed by atoms with van der Waals surface area (Å²) in [5.74, 6) is -1.08. The molecule has 1 aliphatic carbocycles. The predicted octanol–water partition coefficient (Wildman–Crippen LogP) is 4.71. The minimum Gasteiger partial charge on any atom is -0.493 e. The highest BCUT2D eigenvalue weighted by molar-refractivity contribution is 7.13. The summed E-state index contributed by atoms with van der Waals surface area (Å²) in [4.78, 5) is 46.6. The van der Waals surface area contributed by atoms with Crippen molar-refractivity contribution in [3.63, 3.8) is 0 Å². The van der Waals surface area contributed by atoms with Gasteiger partial charge >= 0.3 is 0 Å². The molecule has 2 fully saturated rings. The van der Waals surface area contributed by atoms with E-state index in [4.69, 9.17) is 9.47 Å². The van der Waals surface area contributed by atoms with E-state index in [2.05, 4.69) is 15.6 Å². The number of hydrogen-bond donors (Lipinski definition) is 3. The Kier molecular flexibility index (Phi) is 12.2. The van der Waals surface area contributed by atoms with Gasteiger partial charge in [0.1, 0.15) is 17.8 Å². The van der Waals surface area contributed by atoms with Gasteiger partial charge in [-0.25, -0.2) is 9.37 Å². The molecule has 2 aromatic rings. The maximum Gasteiger partial charge on any atom is 0.258 e. The lowest BCUT2D eigenvalue weighted by atomic mass is 9.85. The number of ether oxygens (including phenoxy) is 2. The number of β-amino-alcohol motifs (C(OH)–C–C–N with tert-alkyl or cyclic N) is 1. The Morgan fingerprint density at radius 1 is 1.15 bits per heavy atom. The minimum absolute atomic E-state index is 0.0527. The summed E-state index contributed by atoms with van der Waals surface area (Å²) < 4.78 is 25.9. The third-order valence-corrected chi connectivity index (χ3v) is 9.60. The van der Waals surface area contributed by atoms with Crippen LogP contribution >= 0.6 is 11.3 Å². The third kappa shape index (κ3) is 9.25. The van der Waals surface area contributed by atoms with Gasteiger partial charge in [-0.2, -0.15) is 0 Å². The van der Waals surface area contributed by atoms with E-state index in [-0.39, 0.29) is 32.4 Å². The number of aryl methyl sites for hydroxylation is 1. The van der Waals surface area contributed by atoms with E-state index < -0.39 is 47.0 Å². The highest BCUT2D eigenvalue weighted by atomic mass is 32.1. The van der Waals surface area contributed by atoms with Crippen LogP contribution in [0.3, 0.4) is 0 Å². The molecule has 0 spiro atoms. The molecular weight excluding hydrogens is 611 g/mol. The normalized spacial score (nSPS) is 19.5. The van der Waals surface area contributed by atoms with Crippen LogP contribution in [-0.2, 0) is 25.7 Å². The van der Waals surface area contributed by atoms with Crippen molar-refractivity contribution in [1.29, 1.82) is 0 Å². The summed E-state index contributed by atoms with van der Waals surface area (Å²) in [6.07, 6.45) is 4.61. The summed E-state index contributed by atoms with van der Waals surface area (Å²) in [6, 6.07) is 3.89. The first-order valence-corrected chi connectivity index (χ1v) is 17.1. The molecule has 12 heteroatoms. The van der Waals surface area contributed by atoms with Crippen molar-refractivity contribution in [2.24, 2.45) is 5.41 Å². The zero-order valence-corrected chi connectivity index (χ0v) is 28.5. The van der Waals surface area contributed by atoms with Gasteiger partial charge in [0.2, 0.25) is 11.8 Å². The molecule has 2 heterocycles. The molecule has 0 bridgehead atoms. The van der Waals surface area contributed by atoms with E-state index in [1.165, 1.54) is 4.90 Å². The van der Waals surface area contributed by atoms with Gasteiger partial charge in [0.25, 0.3) is 5.91 Å². The van der Waals surface area contributed by atoms with Crippen molar-refractivity contribution in [2.45, 2.75) is 109 Å². The second-order valence-electron chi connectivity index (χ2n) is 13.5. The van der Waals surface area contributed by atoms with Gasteiger partial charge in [-0.05, 0) is 49.7 Å². The van der Waals surface area contributed by atoms with Crippen molar-refractivity contribution in [2.75, 3.05) is 26.9 Å². The van der Waals surface area contributed by atoms with Gasteiger partial charge < -0.3 is 30.1 Å². The minimum atomic E-state index is -1.94. The second-order valence-corrected chi connectivity index (χ2v) is 14.4. The Balaban J connectivity index is 1.43. The van der Waals surface area contributed by atoms with Crippen LogP contribution in [0.2, 0.25) is 0 Å². The first kappa shape index (κ1) is 35.8.